The number of rotatable bonds is 2. The van der Waals surface area contributed by atoms with Gasteiger partial charge in [0.05, 0.1) is 5.39 Å². The predicted molar refractivity (Wildman–Crippen MR) is 81.3 cm³/mol. The molecule has 20 heavy (non-hydrogen) atoms. The molecule has 0 aliphatic rings. The van der Waals surface area contributed by atoms with Crippen LogP contribution in [0.2, 0.25) is 0 Å². The number of carbonyl (C=O) groups excluding carboxylic acids is 1. The largest absolute Gasteiger partial charge is 0.295 e. The van der Waals surface area contributed by atoms with Crippen LogP contribution in [-0.2, 0) is 0 Å². The zero-order valence-electron chi connectivity index (χ0n) is 10.8. The summed E-state index contributed by atoms with van der Waals surface area (Å²) in [4.78, 5) is 27.6. The molecule has 1 heterocycles. The summed E-state index contributed by atoms with van der Waals surface area (Å²) in [6, 6.07) is 14.6. The minimum Gasteiger partial charge on any atom is -0.295 e. The average molecular weight is 281 g/mol. The van der Waals surface area contributed by atoms with E-state index in [-0.39, 0.29) is 11.3 Å². The van der Waals surface area contributed by atoms with Gasteiger partial charge in [-0.1, -0.05) is 30.3 Å². The maximum Gasteiger partial charge on any atom is 0.279 e. The van der Waals surface area contributed by atoms with Gasteiger partial charge in [0.15, 0.2) is 5.78 Å². The second-order valence-corrected chi connectivity index (χ2v) is 5.49. The van der Waals surface area contributed by atoms with Crippen molar-refractivity contribution in [3.05, 3.63) is 64.4 Å². The lowest BCUT2D eigenvalue weighted by Gasteiger charge is -2.03. The molecule has 0 unspecified atom stereocenters. The third kappa shape index (κ3) is 2.26. The maximum atomic E-state index is 12.0. The van der Waals surface area contributed by atoms with Crippen molar-refractivity contribution in [3.63, 3.8) is 0 Å². The molecule has 2 aromatic carbocycles. The molecule has 0 aliphatic carbocycles. The van der Waals surface area contributed by atoms with Crippen LogP contribution in [0.1, 0.15) is 17.3 Å². The van der Waals surface area contributed by atoms with Crippen LogP contribution in [0.4, 0.5) is 0 Å². The number of ketones is 1. The van der Waals surface area contributed by atoms with Gasteiger partial charge in [-0.15, -0.1) is 11.3 Å². The van der Waals surface area contributed by atoms with Crippen molar-refractivity contribution < 1.29 is 4.79 Å². The van der Waals surface area contributed by atoms with E-state index in [0.717, 1.165) is 10.3 Å². The molecule has 0 bridgehead atoms. The Labute approximate surface area is 119 Å². The van der Waals surface area contributed by atoms with Crippen molar-refractivity contribution in [2.45, 2.75) is 6.92 Å². The summed E-state index contributed by atoms with van der Waals surface area (Å²) in [6.45, 7) is 1.52. The molecule has 0 saturated heterocycles. The SMILES string of the molecule is CC(=O)c1cccc(-c2nc(=O)c3ccccc3s2)c1. The van der Waals surface area contributed by atoms with Gasteiger partial charge in [0.1, 0.15) is 5.01 Å². The number of fused-ring (bicyclic) bond motifs is 1. The molecular weight excluding hydrogens is 270 g/mol. The Morgan fingerprint density at radius 2 is 1.90 bits per heavy atom. The zero-order valence-corrected chi connectivity index (χ0v) is 11.6. The van der Waals surface area contributed by atoms with E-state index in [2.05, 4.69) is 4.98 Å². The van der Waals surface area contributed by atoms with Gasteiger partial charge in [-0.05, 0) is 25.1 Å². The van der Waals surface area contributed by atoms with Gasteiger partial charge in [0, 0.05) is 15.8 Å². The van der Waals surface area contributed by atoms with Crippen molar-refractivity contribution in [1.82, 2.24) is 4.98 Å². The highest BCUT2D eigenvalue weighted by Crippen LogP contribution is 2.26. The predicted octanol–water partition coefficient (Wildman–Crippen LogP) is 3.53. The van der Waals surface area contributed by atoms with E-state index in [1.807, 2.05) is 24.3 Å². The molecule has 0 aliphatic heterocycles. The van der Waals surface area contributed by atoms with Crippen LogP contribution in [0.15, 0.2) is 53.3 Å². The highest BCUT2D eigenvalue weighted by molar-refractivity contribution is 7.21. The summed E-state index contributed by atoms with van der Waals surface area (Å²) in [7, 11) is 0. The number of carbonyl (C=O) groups is 1. The van der Waals surface area contributed by atoms with E-state index in [0.29, 0.717) is 16.0 Å². The fourth-order valence-electron chi connectivity index (χ4n) is 2.01. The molecule has 0 fully saturated rings. The second kappa shape index (κ2) is 4.98. The Hall–Kier alpha value is -2.33. The minimum atomic E-state index is -0.234. The van der Waals surface area contributed by atoms with Gasteiger partial charge in [-0.3, -0.25) is 9.59 Å². The van der Waals surface area contributed by atoms with E-state index >= 15 is 0 Å². The number of hydrogen-bond acceptors (Lipinski definition) is 4. The summed E-state index contributed by atoms with van der Waals surface area (Å²) in [5.41, 5.74) is 1.19. The zero-order chi connectivity index (χ0) is 14.1. The van der Waals surface area contributed by atoms with Gasteiger partial charge in [-0.25, -0.2) is 0 Å². The summed E-state index contributed by atoms with van der Waals surface area (Å²) in [5, 5.41) is 1.26. The first-order valence-electron chi connectivity index (χ1n) is 6.16. The van der Waals surface area contributed by atoms with E-state index in [4.69, 9.17) is 0 Å². The van der Waals surface area contributed by atoms with Crippen molar-refractivity contribution in [2.75, 3.05) is 0 Å². The van der Waals surface area contributed by atoms with E-state index < -0.39 is 0 Å². The Balaban J connectivity index is 2.22. The van der Waals surface area contributed by atoms with Crippen LogP contribution >= 0.6 is 11.3 Å². The van der Waals surface area contributed by atoms with Crippen LogP contribution in [0, 0.1) is 0 Å². The fourth-order valence-corrected chi connectivity index (χ4v) is 3.00. The maximum absolute atomic E-state index is 12.0. The second-order valence-electron chi connectivity index (χ2n) is 4.46. The number of aromatic nitrogens is 1. The van der Waals surface area contributed by atoms with Crippen molar-refractivity contribution in [2.24, 2.45) is 0 Å². The average Bonchev–Trinajstić information content (AvgIpc) is 2.47. The van der Waals surface area contributed by atoms with Crippen molar-refractivity contribution in [3.8, 4) is 10.6 Å². The molecule has 98 valence electrons. The molecular formula is C16H11NO2S. The van der Waals surface area contributed by atoms with Gasteiger partial charge in [-0.2, -0.15) is 4.98 Å². The molecule has 0 N–H and O–H groups in total. The number of hydrogen-bond donors (Lipinski definition) is 0. The highest BCUT2D eigenvalue weighted by Gasteiger charge is 2.08. The van der Waals surface area contributed by atoms with Crippen LogP contribution < -0.4 is 5.56 Å². The lowest BCUT2D eigenvalue weighted by atomic mass is 10.1. The number of benzene rings is 2. The molecule has 1 aromatic heterocycles. The topological polar surface area (TPSA) is 47.0 Å². The summed E-state index contributed by atoms with van der Waals surface area (Å²) < 4.78 is 0.899. The molecule has 0 amide bonds. The van der Waals surface area contributed by atoms with Crippen molar-refractivity contribution in [1.29, 1.82) is 0 Å². The molecule has 0 atom stereocenters. The summed E-state index contributed by atoms with van der Waals surface area (Å²) >= 11 is 1.45. The van der Waals surface area contributed by atoms with Crippen LogP contribution in [0.3, 0.4) is 0 Å². The third-order valence-electron chi connectivity index (χ3n) is 3.04. The first-order chi connectivity index (χ1) is 9.65. The Morgan fingerprint density at radius 3 is 2.70 bits per heavy atom. The van der Waals surface area contributed by atoms with E-state index in [9.17, 15) is 9.59 Å². The monoisotopic (exact) mass is 281 g/mol. The third-order valence-corrected chi connectivity index (χ3v) is 4.14. The Kier molecular flexibility index (Phi) is 3.16. The number of nitrogens with zero attached hydrogens (tertiary/aromatic N) is 1. The highest BCUT2D eigenvalue weighted by atomic mass is 32.1. The van der Waals surface area contributed by atoms with E-state index in [1.54, 1.807) is 24.3 Å². The summed E-state index contributed by atoms with van der Waals surface area (Å²) in [6.07, 6.45) is 0. The van der Waals surface area contributed by atoms with Crippen LogP contribution in [-0.4, -0.2) is 10.8 Å². The molecule has 3 aromatic rings. The fraction of sp³-hybridized carbons (Fsp3) is 0.0625. The first-order valence-corrected chi connectivity index (χ1v) is 6.98. The lowest BCUT2D eigenvalue weighted by molar-refractivity contribution is 0.101. The molecule has 0 spiro atoms. The summed E-state index contributed by atoms with van der Waals surface area (Å²) in [5.74, 6) is -0.0000129. The smallest absolute Gasteiger partial charge is 0.279 e. The lowest BCUT2D eigenvalue weighted by Crippen LogP contribution is -2.05. The Morgan fingerprint density at radius 1 is 1.10 bits per heavy atom. The normalized spacial score (nSPS) is 10.7. The standard InChI is InChI=1S/C16H11NO2S/c1-10(18)11-5-4-6-12(9-11)16-17-15(19)13-7-2-3-8-14(13)20-16/h2-9H,1H3. The number of Topliss-reactive ketones (excluding diaryl/α,β-unsaturated/α-hetero) is 1. The first kappa shape index (κ1) is 12.7. The van der Waals surface area contributed by atoms with E-state index in [1.165, 1.54) is 18.3 Å². The van der Waals surface area contributed by atoms with Crippen molar-refractivity contribution >= 4 is 27.2 Å². The van der Waals surface area contributed by atoms with Crippen LogP contribution in [0.25, 0.3) is 20.7 Å². The molecule has 0 saturated carbocycles. The van der Waals surface area contributed by atoms with Gasteiger partial charge in [0.2, 0.25) is 0 Å². The van der Waals surface area contributed by atoms with Gasteiger partial charge < -0.3 is 0 Å². The van der Waals surface area contributed by atoms with Gasteiger partial charge >= 0.3 is 0 Å². The van der Waals surface area contributed by atoms with Gasteiger partial charge in [0.25, 0.3) is 5.56 Å². The molecule has 4 heteroatoms. The minimum absolute atomic E-state index is 0.0000129. The molecule has 0 radical (unpaired) electrons. The molecule has 3 nitrogen and oxygen atoms in total. The Bertz CT molecular complexity index is 867. The van der Waals surface area contributed by atoms with Crippen LogP contribution in [0.5, 0.6) is 0 Å². The molecule has 3 rings (SSSR count). The quantitative estimate of drug-likeness (QED) is 0.675.